The lowest BCUT2D eigenvalue weighted by Gasteiger charge is -2.37. The first-order chi connectivity index (χ1) is 10.1. The van der Waals surface area contributed by atoms with Crippen molar-refractivity contribution in [3.05, 3.63) is 41.8 Å². The van der Waals surface area contributed by atoms with Gasteiger partial charge in [-0.25, -0.2) is 4.39 Å². The van der Waals surface area contributed by atoms with E-state index in [9.17, 15) is 9.50 Å². The van der Waals surface area contributed by atoms with Gasteiger partial charge in [-0.15, -0.1) is 0 Å². The first kappa shape index (κ1) is 14.4. The Morgan fingerprint density at radius 1 is 1.43 bits per heavy atom. The van der Waals surface area contributed by atoms with E-state index in [2.05, 4.69) is 9.88 Å². The number of fused-ring (bicyclic) bond motifs is 1. The van der Waals surface area contributed by atoms with Gasteiger partial charge in [0.05, 0.1) is 11.6 Å². The lowest BCUT2D eigenvalue weighted by molar-refractivity contribution is 0.0318. The molecule has 3 rings (SSSR count). The van der Waals surface area contributed by atoms with Gasteiger partial charge in [0.15, 0.2) is 0 Å². The number of aliphatic hydroxyl groups is 1. The summed E-state index contributed by atoms with van der Waals surface area (Å²) in [6.07, 6.45) is 4.65. The minimum absolute atomic E-state index is 0.153. The number of rotatable bonds is 3. The number of likely N-dealkylation sites (tertiary alicyclic amines) is 1. The third kappa shape index (κ3) is 3.06. The van der Waals surface area contributed by atoms with Gasteiger partial charge in [-0.3, -0.25) is 9.88 Å². The minimum atomic E-state index is -0.363. The number of halogens is 1. The zero-order valence-electron chi connectivity index (χ0n) is 12.3. The van der Waals surface area contributed by atoms with Crippen molar-refractivity contribution in [3.63, 3.8) is 0 Å². The molecule has 2 aromatic rings. The zero-order valence-corrected chi connectivity index (χ0v) is 12.3. The Kier molecular flexibility index (Phi) is 4.17. The molecule has 112 valence electrons. The standard InChI is InChI=1S/C17H21FN2O/c1-12(21)16-6-2-3-8-20(16)11-14-10-15(18)9-13-5-4-7-19-17(13)14/h4-5,7,9-10,12,16,21H,2-3,6,8,11H2,1H3/t12-,16+/m0/s1. The number of aromatic nitrogens is 1. The van der Waals surface area contributed by atoms with Gasteiger partial charge < -0.3 is 5.11 Å². The summed E-state index contributed by atoms with van der Waals surface area (Å²) >= 11 is 0. The van der Waals surface area contributed by atoms with Crippen molar-refractivity contribution in [2.45, 2.75) is 44.9 Å². The highest BCUT2D eigenvalue weighted by Crippen LogP contribution is 2.25. The predicted molar refractivity (Wildman–Crippen MR) is 81.4 cm³/mol. The number of benzene rings is 1. The van der Waals surface area contributed by atoms with E-state index in [1.165, 1.54) is 6.07 Å². The SMILES string of the molecule is C[C@H](O)[C@H]1CCCCN1Cc1cc(F)cc2cccnc12. The summed E-state index contributed by atoms with van der Waals surface area (Å²) in [5, 5.41) is 10.8. The van der Waals surface area contributed by atoms with Crippen molar-refractivity contribution in [2.75, 3.05) is 6.54 Å². The number of nitrogens with zero attached hydrogens (tertiary/aromatic N) is 2. The van der Waals surface area contributed by atoms with Crippen LogP contribution in [0.1, 0.15) is 31.7 Å². The monoisotopic (exact) mass is 288 g/mol. The van der Waals surface area contributed by atoms with Crippen LogP contribution in [0.2, 0.25) is 0 Å². The highest BCUT2D eigenvalue weighted by atomic mass is 19.1. The number of piperidine rings is 1. The second-order valence-corrected chi connectivity index (χ2v) is 5.91. The Morgan fingerprint density at radius 3 is 3.10 bits per heavy atom. The van der Waals surface area contributed by atoms with E-state index in [-0.39, 0.29) is 18.0 Å². The maximum Gasteiger partial charge on any atom is 0.124 e. The molecule has 0 radical (unpaired) electrons. The van der Waals surface area contributed by atoms with Gasteiger partial charge in [0, 0.05) is 24.2 Å². The van der Waals surface area contributed by atoms with Crippen LogP contribution >= 0.6 is 0 Å². The summed E-state index contributed by atoms with van der Waals surface area (Å²) < 4.78 is 13.8. The van der Waals surface area contributed by atoms with E-state index in [0.717, 1.165) is 42.3 Å². The molecule has 0 saturated carbocycles. The molecule has 1 N–H and O–H groups in total. The third-order valence-electron chi connectivity index (χ3n) is 4.34. The highest BCUT2D eigenvalue weighted by Gasteiger charge is 2.26. The lowest BCUT2D eigenvalue weighted by atomic mass is 9.97. The molecule has 3 nitrogen and oxygen atoms in total. The van der Waals surface area contributed by atoms with Gasteiger partial charge in [0.1, 0.15) is 5.82 Å². The van der Waals surface area contributed by atoms with Crippen LogP contribution in [-0.2, 0) is 6.54 Å². The average Bonchev–Trinajstić information content (AvgIpc) is 2.47. The number of hydrogen-bond acceptors (Lipinski definition) is 3. The molecule has 0 bridgehead atoms. The Morgan fingerprint density at radius 2 is 2.29 bits per heavy atom. The molecule has 1 aromatic carbocycles. The molecule has 1 aliphatic rings. The lowest BCUT2D eigenvalue weighted by Crippen LogP contribution is -2.45. The van der Waals surface area contributed by atoms with Crippen molar-refractivity contribution in [2.24, 2.45) is 0 Å². The first-order valence-corrected chi connectivity index (χ1v) is 7.60. The first-order valence-electron chi connectivity index (χ1n) is 7.60. The van der Waals surface area contributed by atoms with Crippen LogP contribution in [0.25, 0.3) is 10.9 Å². The molecule has 21 heavy (non-hydrogen) atoms. The van der Waals surface area contributed by atoms with Crippen LogP contribution < -0.4 is 0 Å². The van der Waals surface area contributed by atoms with Crippen molar-refractivity contribution < 1.29 is 9.50 Å². The maximum atomic E-state index is 13.8. The third-order valence-corrected chi connectivity index (χ3v) is 4.34. The van der Waals surface area contributed by atoms with Crippen LogP contribution in [0.4, 0.5) is 4.39 Å². The van der Waals surface area contributed by atoms with Gasteiger partial charge in [-0.05, 0) is 50.1 Å². The molecule has 1 fully saturated rings. The summed E-state index contributed by atoms with van der Waals surface area (Å²) in [5.74, 6) is -0.226. The smallest absolute Gasteiger partial charge is 0.124 e. The van der Waals surface area contributed by atoms with Gasteiger partial charge in [0.2, 0.25) is 0 Å². The fourth-order valence-electron chi connectivity index (χ4n) is 3.33. The van der Waals surface area contributed by atoms with E-state index in [1.807, 2.05) is 19.1 Å². The van der Waals surface area contributed by atoms with Gasteiger partial charge in [-0.1, -0.05) is 12.5 Å². The number of hydrogen-bond donors (Lipinski definition) is 1. The molecule has 2 atom stereocenters. The average molecular weight is 288 g/mol. The van der Waals surface area contributed by atoms with E-state index < -0.39 is 0 Å². The molecule has 2 heterocycles. The molecule has 0 spiro atoms. The molecular formula is C17H21FN2O. The van der Waals surface area contributed by atoms with Crippen molar-refractivity contribution in [3.8, 4) is 0 Å². The Hall–Kier alpha value is -1.52. The largest absolute Gasteiger partial charge is 0.392 e. The van der Waals surface area contributed by atoms with Gasteiger partial charge >= 0.3 is 0 Å². The molecule has 0 unspecified atom stereocenters. The quantitative estimate of drug-likeness (QED) is 0.942. The topological polar surface area (TPSA) is 36.4 Å². The van der Waals surface area contributed by atoms with Gasteiger partial charge in [0.25, 0.3) is 0 Å². The van der Waals surface area contributed by atoms with E-state index in [1.54, 1.807) is 12.3 Å². The molecule has 0 aliphatic carbocycles. The molecule has 1 aromatic heterocycles. The fourth-order valence-corrected chi connectivity index (χ4v) is 3.33. The molecule has 0 amide bonds. The van der Waals surface area contributed by atoms with Gasteiger partial charge in [-0.2, -0.15) is 0 Å². The Labute approximate surface area is 124 Å². The molecule has 1 saturated heterocycles. The van der Waals surface area contributed by atoms with Crippen LogP contribution in [0.5, 0.6) is 0 Å². The second kappa shape index (κ2) is 6.08. The van der Waals surface area contributed by atoms with Crippen LogP contribution in [0.15, 0.2) is 30.5 Å². The summed E-state index contributed by atoms with van der Waals surface area (Å²) in [7, 11) is 0. The second-order valence-electron chi connectivity index (χ2n) is 5.91. The maximum absolute atomic E-state index is 13.8. The van der Waals surface area contributed by atoms with E-state index in [4.69, 9.17) is 0 Å². The fraction of sp³-hybridized carbons (Fsp3) is 0.471. The van der Waals surface area contributed by atoms with Crippen LogP contribution in [-0.4, -0.2) is 33.7 Å². The number of aliphatic hydroxyl groups excluding tert-OH is 1. The normalized spacial score (nSPS) is 21.6. The summed E-state index contributed by atoms with van der Waals surface area (Å²) in [4.78, 5) is 6.66. The number of pyridine rings is 1. The van der Waals surface area contributed by atoms with Crippen molar-refractivity contribution in [1.82, 2.24) is 9.88 Å². The molecule has 1 aliphatic heterocycles. The Balaban J connectivity index is 1.93. The molecule has 4 heteroatoms. The van der Waals surface area contributed by atoms with Crippen molar-refractivity contribution in [1.29, 1.82) is 0 Å². The van der Waals surface area contributed by atoms with E-state index >= 15 is 0 Å². The Bertz CT molecular complexity index is 629. The molecular weight excluding hydrogens is 267 g/mol. The summed E-state index contributed by atoms with van der Waals surface area (Å²) in [6.45, 7) is 3.42. The van der Waals surface area contributed by atoms with Crippen LogP contribution in [0.3, 0.4) is 0 Å². The minimum Gasteiger partial charge on any atom is -0.392 e. The van der Waals surface area contributed by atoms with Crippen LogP contribution in [0, 0.1) is 5.82 Å². The predicted octanol–water partition coefficient (Wildman–Crippen LogP) is 3.11. The highest BCUT2D eigenvalue weighted by molar-refractivity contribution is 5.81. The zero-order chi connectivity index (χ0) is 14.8. The summed E-state index contributed by atoms with van der Waals surface area (Å²) in [6, 6.07) is 6.96. The van der Waals surface area contributed by atoms with E-state index in [0.29, 0.717) is 6.54 Å². The summed E-state index contributed by atoms with van der Waals surface area (Å²) in [5.41, 5.74) is 1.76. The van der Waals surface area contributed by atoms with Crippen molar-refractivity contribution >= 4 is 10.9 Å².